The third-order valence-electron chi connectivity index (χ3n) is 4.90. The summed E-state index contributed by atoms with van der Waals surface area (Å²) in [4.78, 5) is 36.6. The summed E-state index contributed by atoms with van der Waals surface area (Å²) in [6.45, 7) is 5.99. The zero-order valence-electron chi connectivity index (χ0n) is 20.1. The molecule has 0 aliphatic carbocycles. The predicted octanol–water partition coefficient (Wildman–Crippen LogP) is 4.54. The number of rotatable bonds is 13. The highest BCUT2D eigenvalue weighted by molar-refractivity contribution is 8.00. The normalized spacial score (nSPS) is 10.8. The number of ether oxygens (including phenoxy) is 3. The fraction of sp³-hybridized carbons (Fsp3) is 0.375. The number of nitrogens with one attached hydrogen (secondary N) is 1. The van der Waals surface area contributed by atoms with E-state index in [-0.39, 0.29) is 24.2 Å². The summed E-state index contributed by atoms with van der Waals surface area (Å²) < 4.78 is 21.8. The number of thioether (sulfide) groups is 1. The molecular weight excluding hydrogens is 506 g/mol. The van der Waals surface area contributed by atoms with Gasteiger partial charge in [-0.05, 0) is 44.0 Å². The molecule has 0 unspecified atom stereocenters. The van der Waals surface area contributed by atoms with Crippen molar-refractivity contribution >= 4 is 40.1 Å². The highest BCUT2D eigenvalue weighted by atomic mass is 32.2. The molecule has 2 aromatic heterocycles. The zero-order valence-corrected chi connectivity index (χ0v) is 21.8. The molecule has 0 spiro atoms. The van der Waals surface area contributed by atoms with Crippen molar-refractivity contribution in [1.82, 2.24) is 10.2 Å². The van der Waals surface area contributed by atoms with Gasteiger partial charge in [0.05, 0.1) is 12.4 Å². The Hall–Kier alpha value is -3.38. The minimum atomic E-state index is -0.741. The number of nitrogens with zero attached hydrogens (tertiary/aromatic N) is 2. The molecule has 1 aromatic carbocycles. The summed E-state index contributed by atoms with van der Waals surface area (Å²) in [5.41, 5.74) is -0.498. The van der Waals surface area contributed by atoms with E-state index in [2.05, 4.69) is 15.5 Å². The number of hydrogen-bond acceptors (Lipinski definition) is 11. The fourth-order valence-electron chi connectivity index (χ4n) is 3.00. The van der Waals surface area contributed by atoms with Crippen LogP contribution in [0.4, 0.5) is 5.13 Å². The van der Waals surface area contributed by atoms with E-state index in [0.29, 0.717) is 39.1 Å². The van der Waals surface area contributed by atoms with Gasteiger partial charge in [-0.1, -0.05) is 36.9 Å². The Bertz CT molecular complexity index is 1210. The lowest BCUT2D eigenvalue weighted by atomic mass is 10.0. The van der Waals surface area contributed by atoms with Gasteiger partial charge in [0.25, 0.3) is 0 Å². The van der Waals surface area contributed by atoms with Crippen molar-refractivity contribution in [3.8, 4) is 17.2 Å². The van der Waals surface area contributed by atoms with E-state index in [1.165, 1.54) is 29.2 Å². The minimum Gasteiger partial charge on any atom is -0.494 e. The molecule has 1 N–H and O–H groups in total. The number of hydrogen-bond donors (Lipinski definition) is 1. The van der Waals surface area contributed by atoms with Crippen LogP contribution in [0.25, 0.3) is 0 Å². The van der Waals surface area contributed by atoms with Crippen molar-refractivity contribution in [2.45, 2.75) is 43.7 Å². The van der Waals surface area contributed by atoms with Crippen LogP contribution >= 0.6 is 23.1 Å². The van der Waals surface area contributed by atoms with Gasteiger partial charge in [0.1, 0.15) is 23.5 Å². The molecule has 0 radical (unpaired) electrons. The average Bonchev–Trinajstić information content (AvgIpc) is 3.32. The van der Waals surface area contributed by atoms with E-state index < -0.39 is 11.4 Å². The van der Waals surface area contributed by atoms with Crippen LogP contribution in [0.2, 0.25) is 0 Å². The van der Waals surface area contributed by atoms with Crippen LogP contribution < -0.4 is 25.0 Å². The summed E-state index contributed by atoms with van der Waals surface area (Å²) >= 11 is 2.54. The second kappa shape index (κ2) is 13.6. The second-order valence-corrected chi connectivity index (χ2v) is 9.61. The Morgan fingerprint density at radius 2 is 1.78 bits per heavy atom. The van der Waals surface area contributed by atoms with Crippen molar-refractivity contribution in [1.29, 1.82) is 0 Å². The van der Waals surface area contributed by atoms with Crippen LogP contribution in [0.3, 0.4) is 0 Å². The molecular formula is C24H27N3O7S2. The molecule has 0 aliphatic heterocycles. The van der Waals surface area contributed by atoms with Gasteiger partial charge in [-0.25, -0.2) is 4.79 Å². The highest BCUT2D eigenvalue weighted by Gasteiger charge is 2.17. The molecule has 192 valence electrons. The molecule has 3 rings (SSSR count). The number of carbonyl (C=O) groups is 2. The third-order valence-corrected chi connectivity index (χ3v) is 6.89. The maximum absolute atomic E-state index is 12.3. The molecule has 0 aliphatic rings. The van der Waals surface area contributed by atoms with Crippen molar-refractivity contribution in [2.24, 2.45) is 5.92 Å². The van der Waals surface area contributed by atoms with Crippen LogP contribution in [0.5, 0.6) is 17.2 Å². The Kier molecular flexibility index (Phi) is 10.3. The standard InChI is InChI=1S/C24H27N3O7S2/c1-4-15(5-2)22(30)25-23-26-27-24(36-23)35-14-18-11-19(28)20(12-32-18)34-21(29)13-33-17-9-7-16(8-10-17)31-6-3/h7-12,15H,4-6,13-14H2,1-3H3,(H,25,26,30). The zero-order chi connectivity index (χ0) is 25.9. The first-order valence-electron chi connectivity index (χ1n) is 11.4. The van der Waals surface area contributed by atoms with Crippen LogP contribution in [0.15, 0.2) is 50.1 Å². The van der Waals surface area contributed by atoms with Crippen LogP contribution in [0.1, 0.15) is 39.4 Å². The van der Waals surface area contributed by atoms with Crippen LogP contribution in [-0.2, 0) is 15.3 Å². The Morgan fingerprint density at radius 1 is 1.08 bits per heavy atom. The molecule has 12 heteroatoms. The first-order chi connectivity index (χ1) is 17.4. The summed E-state index contributed by atoms with van der Waals surface area (Å²) in [6.07, 6.45) is 2.60. The maximum atomic E-state index is 12.3. The summed E-state index contributed by atoms with van der Waals surface area (Å²) in [5.74, 6) is 0.719. The number of amides is 1. The van der Waals surface area contributed by atoms with Gasteiger partial charge in [-0.15, -0.1) is 10.2 Å². The highest BCUT2D eigenvalue weighted by Crippen LogP contribution is 2.29. The third kappa shape index (κ3) is 8.09. The van der Waals surface area contributed by atoms with Gasteiger partial charge in [-0.3, -0.25) is 9.59 Å². The molecule has 10 nitrogen and oxygen atoms in total. The number of benzene rings is 1. The molecule has 1 amide bonds. The first-order valence-corrected chi connectivity index (χ1v) is 13.2. The van der Waals surface area contributed by atoms with Gasteiger partial charge in [0, 0.05) is 12.0 Å². The Morgan fingerprint density at radius 3 is 2.42 bits per heavy atom. The topological polar surface area (TPSA) is 130 Å². The van der Waals surface area contributed by atoms with Gasteiger partial charge in [-0.2, -0.15) is 0 Å². The van der Waals surface area contributed by atoms with E-state index >= 15 is 0 Å². The average molecular weight is 534 g/mol. The largest absolute Gasteiger partial charge is 0.494 e. The van der Waals surface area contributed by atoms with E-state index in [1.54, 1.807) is 24.3 Å². The summed E-state index contributed by atoms with van der Waals surface area (Å²) in [7, 11) is 0. The van der Waals surface area contributed by atoms with E-state index in [1.807, 2.05) is 20.8 Å². The quantitative estimate of drug-likeness (QED) is 0.190. The van der Waals surface area contributed by atoms with E-state index in [9.17, 15) is 14.4 Å². The minimum absolute atomic E-state index is 0.0642. The lowest BCUT2D eigenvalue weighted by Crippen LogP contribution is -2.21. The van der Waals surface area contributed by atoms with Gasteiger partial charge in [0.2, 0.25) is 22.2 Å². The monoisotopic (exact) mass is 533 g/mol. The molecule has 0 atom stereocenters. The molecule has 0 saturated heterocycles. The van der Waals surface area contributed by atoms with Crippen molar-refractivity contribution < 1.29 is 28.2 Å². The Balaban J connectivity index is 1.47. The number of carbonyl (C=O) groups excluding carboxylic acids is 2. The lowest BCUT2D eigenvalue weighted by Gasteiger charge is -2.09. The van der Waals surface area contributed by atoms with Gasteiger partial charge in [0.15, 0.2) is 10.9 Å². The predicted molar refractivity (Wildman–Crippen MR) is 136 cm³/mol. The first kappa shape index (κ1) is 27.2. The molecule has 3 aromatic rings. The molecule has 0 bridgehead atoms. The van der Waals surface area contributed by atoms with Crippen molar-refractivity contribution in [2.75, 3.05) is 18.5 Å². The SMILES string of the molecule is CCOc1ccc(OCC(=O)Oc2coc(CSc3nnc(NC(=O)C(CC)CC)s3)cc2=O)cc1. The van der Waals surface area contributed by atoms with Crippen molar-refractivity contribution in [3.05, 3.63) is 52.6 Å². The van der Waals surface area contributed by atoms with Crippen LogP contribution in [0, 0.1) is 5.92 Å². The Labute approximate surface area is 216 Å². The summed E-state index contributed by atoms with van der Waals surface area (Å²) in [6, 6.07) is 8.03. The van der Waals surface area contributed by atoms with Crippen LogP contribution in [-0.4, -0.2) is 35.3 Å². The van der Waals surface area contributed by atoms with Gasteiger partial charge >= 0.3 is 5.97 Å². The van der Waals surface area contributed by atoms with Gasteiger partial charge < -0.3 is 23.9 Å². The summed E-state index contributed by atoms with van der Waals surface area (Å²) in [5, 5.41) is 11.2. The molecule has 36 heavy (non-hydrogen) atoms. The van der Waals surface area contributed by atoms with E-state index in [4.69, 9.17) is 18.6 Å². The smallest absolute Gasteiger partial charge is 0.349 e. The molecule has 0 saturated carbocycles. The number of esters is 1. The molecule has 0 fully saturated rings. The number of aromatic nitrogens is 2. The molecule has 2 heterocycles. The van der Waals surface area contributed by atoms with E-state index in [0.717, 1.165) is 19.1 Å². The fourth-order valence-corrected chi connectivity index (χ4v) is 4.65. The number of anilines is 1. The second-order valence-electron chi connectivity index (χ2n) is 7.41. The van der Waals surface area contributed by atoms with Crippen molar-refractivity contribution in [3.63, 3.8) is 0 Å². The lowest BCUT2D eigenvalue weighted by molar-refractivity contribution is -0.136. The maximum Gasteiger partial charge on any atom is 0.349 e.